The molecular weight excluding hydrogens is 1010 g/mol. The molecule has 2 bridgehead atoms. The third-order valence-electron chi connectivity index (χ3n) is 14.7. The number of aromatic nitrogens is 3. The molecule has 2 aromatic heterocycles. The first-order valence-corrected chi connectivity index (χ1v) is 25.4. The normalized spacial score (nSPS) is 19.3. The van der Waals surface area contributed by atoms with Crippen LogP contribution in [0.4, 0.5) is 37.4 Å². The molecule has 18 nitrogen and oxygen atoms in total. The van der Waals surface area contributed by atoms with E-state index in [1.54, 1.807) is 68.2 Å². The predicted octanol–water partition coefficient (Wildman–Crippen LogP) is 5.63. The van der Waals surface area contributed by atoms with Crippen molar-refractivity contribution >= 4 is 29.8 Å². The van der Waals surface area contributed by atoms with Gasteiger partial charge in [0.05, 0.1) is 62.8 Å². The fraction of sp³-hybridized carbons (Fsp3) is 0.519. The third-order valence-corrected chi connectivity index (χ3v) is 14.7. The van der Waals surface area contributed by atoms with Crippen LogP contribution in [0.5, 0.6) is 0 Å². The molecule has 8 rings (SSSR count). The lowest BCUT2D eigenvalue weighted by Gasteiger charge is -2.42. The Morgan fingerprint density at radius 2 is 1.45 bits per heavy atom. The Labute approximate surface area is 443 Å². The number of ether oxygens (including phenoxy) is 3. The molecule has 1 saturated carbocycles. The third kappa shape index (κ3) is 13.3. The van der Waals surface area contributed by atoms with Gasteiger partial charge in [-0.25, -0.2) is 28.4 Å². The van der Waals surface area contributed by atoms with Crippen LogP contribution in [0.15, 0.2) is 67.0 Å². The van der Waals surface area contributed by atoms with Gasteiger partial charge in [-0.1, -0.05) is 44.7 Å². The second-order valence-corrected chi connectivity index (χ2v) is 21.7. The van der Waals surface area contributed by atoms with Gasteiger partial charge in [0.2, 0.25) is 5.91 Å². The molecule has 4 aromatic rings. The number of alkyl halides is 3. The number of methoxy groups -OCH3 is 2. The lowest BCUT2D eigenvalue weighted by atomic mass is 9.82. The van der Waals surface area contributed by atoms with E-state index in [-0.39, 0.29) is 18.0 Å². The average molecular weight is 1080 g/mol. The van der Waals surface area contributed by atoms with Crippen LogP contribution in [0.2, 0.25) is 0 Å². The maximum Gasteiger partial charge on any atom is 0.407 e. The minimum Gasteiger partial charge on any atom is -0.453 e. The molecule has 4 aliphatic rings. The van der Waals surface area contributed by atoms with Crippen molar-refractivity contribution in [1.82, 2.24) is 46.0 Å². The molecule has 2 aromatic carbocycles. The van der Waals surface area contributed by atoms with Gasteiger partial charge in [0.1, 0.15) is 29.5 Å². The number of anilines is 1. The summed E-state index contributed by atoms with van der Waals surface area (Å²) in [5.74, 6) is 2.75. The number of hydrogen-bond acceptors (Lipinski definition) is 13. The molecule has 414 valence electrons. The number of likely N-dealkylation sites (tertiary alicyclic amines) is 1. The van der Waals surface area contributed by atoms with Gasteiger partial charge in [-0.3, -0.25) is 24.6 Å². The number of rotatable bonds is 18. The molecule has 5 heterocycles. The van der Waals surface area contributed by atoms with E-state index in [4.69, 9.17) is 14.5 Å². The van der Waals surface area contributed by atoms with Crippen LogP contribution < -0.4 is 26.3 Å². The Balaban J connectivity index is 1.05. The summed E-state index contributed by atoms with van der Waals surface area (Å²) < 4.78 is 92.6. The summed E-state index contributed by atoms with van der Waals surface area (Å²) in [6, 6.07) is 10.6. The Morgan fingerprint density at radius 3 is 2.00 bits per heavy atom. The quantitative estimate of drug-likeness (QED) is 0.0467. The first-order valence-electron chi connectivity index (χ1n) is 25.4. The second-order valence-electron chi connectivity index (χ2n) is 21.7. The molecule has 3 saturated heterocycles. The number of nitrogens with one attached hydrogen (secondary N) is 4. The van der Waals surface area contributed by atoms with E-state index in [9.17, 15) is 37.5 Å². The number of carbonyl (C=O) groups is 4. The van der Waals surface area contributed by atoms with Crippen molar-refractivity contribution in [3.05, 3.63) is 101 Å². The highest BCUT2D eigenvalue weighted by atomic mass is 19.4. The molecule has 1 aliphatic carbocycles. The minimum atomic E-state index is -5.05. The van der Waals surface area contributed by atoms with E-state index < -0.39 is 95.5 Å². The number of piperazine rings is 1. The molecule has 77 heavy (non-hydrogen) atoms. The molecule has 0 spiro atoms. The zero-order valence-corrected chi connectivity index (χ0v) is 43.9. The number of fused-ring (bicyclic) bond motifs is 2. The van der Waals surface area contributed by atoms with Crippen molar-refractivity contribution in [3.8, 4) is 23.1 Å². The van der Waals surface area contributed by atoms with Gasteiger partial charge < -0.3 is 40.2 Å². The molecule has 23 heteroatoms. The van der Waals surface area contributed by atoms with Gasteiger partial charge in [-0.2, -0.15) is 18.3 Å². The lowest BCUT2D eigenvalue weighted by Crippen LogP contribution is -2.63. The standard InChI is InChI=1S/C54H65F5N10O8/c1-52(2,3)46(62-50(73)75-6)49(72)65-66(27-39-40(55)21-34(22-41(39)56)42-18-19-69(64-42)35-15-16-35)28-44(70)43(61-48(71)47(63-51(74)76-7)53(4,5)54(57,58)59)20-32-11-8-31(9-12-32)10-13-33-14-17-45(60-24-33)68-26-36-23-37(68)25-67(36)38-29-77-30-38/h8-9,11-12,14,17-19,21-22,24,35-38,43-44,46-47,70H,15-16,20,23,25-30H2,1-7H3,(H,61,71)(H,62,73)(H,63,74)(H,65,72)/t36-,37-,43-,44-,46+,47+/m0/s1. The number of aliphatic hydroxyl groups is 1. The van der Waals surface area contributed by atoms with Crippen molar-refractivity contribution < 1.29 is 60.4 Å². The summed E-state index contributed by atoms with van der Waals surface area (Å²) in [6.07, 6.45) is -3.11. The first kappa shape index (κ1) is 56.3. The summed E-state index contributed by atoms with van der Waals surface area (Å²) >= 11 is 0. The van der Waals surface area contributed by atoms with Gasteiger partial charge in [-0.15, -0.1) is 0 Å². The van der Waals surface area contributed by atoms with Crippen molar-refractivity contribution in [2.24, 2.45) is 10.8 Å². The van der Waals surface area contributed by atoms with Gasteiger partial charge in [0.25, 0.3) is 5.91 Å². The monoisotopic (exact) mass is 1080 g/mol. The van der Waals surface area contributed by atoms with Crippen LogP contribution in [0.1, 0.15) is 82.2 Å². The number of pyridine rings is 1. The number of hydrazine groups is 1. The van der Waals surface area contributed by atoms with E-state index in [0.717, 1.165) is 82.7 Å². The van der Waals surface area contributed by atoms with Crippen LogP contribution in [0.3, 0.4) is 0 Å². The SMILES string of the molecule is COC(=O)N[C@H](C(=O)NN(Cc1c(F)cc(-c2ccn(C3CC3)n2)cc1F)C[C@H](O)[C@H](Cc1ccc(C#Cc2ccc(N3C[C@@H]4C[C@H]3CN4C3COC3)nc2)cc1)NC(=O)[C@@H](NC(=O)OC)C(C)(C)C(F)(F)F)C(C)(C)C. The average Bonchev–Trinajstić information content (AvgIpc) is 3.76. The number of carbonyl (C=O) groups excluding carboxylic acids is 4. The van der Waals surface area contributed by atoms with Crippen molar-refractivity contribution in [1.29, 1.82) is 0 Å². The number of hydrogen-bond donors (Lipinski definition) is 5. The van der Waals surface area contributed by atoms with Crippen LogP contribution in [-0.2, 0) is 36.8 Å². The highest BCUT2D eigenvalue weighted by Gasteiger charge is 2.56. The molecule has 4 amide bonds. The van der Waals surface area contributed by atoms with E-state index >= 15 is 8.78 Å². The summed E-state index contributed by atoms with van der Waals surface area (Å²) in [7, 11) is 2.00. The Bertz CT molecular complexity index is 2820. The summed E-state index contributed by atoms with van der Waals surface area (Å²) in [5, 5.41) is 24.5. The lowest BCUT2D eigenvalue weighted by molar-refractivity contribution is -0.220. The number of benzene rings is 2. The topological polar surface area (TPSA) is 205 Å². The van der Waals surface area contributed by atoms with Gasteiger partial charge >= 0.3 is 18.4 Å². The van der Waals surface area contributed by atoms with Crippen molar-refractivity contribution in [3.63, 3.8) is 0 Å². The van der Waals surface area contributed by atoms with E-state index in [2.05, 4.69) is 47.5 Å². The van der Waals surface area contributed by atoms with E-state index in [0.29, 0.717) is 54.4 Å². The molecular formula is C54H65F5N10O8. The fourth-order valence-electron chi connectivity index (χ4n) is 9.76. The predicted molar refractivity (Wildman–Crippen MR) is 272 cm³/mol. The minimum absolute atomic E-state index is 0.132. The zero-order valence-electron chi connectivity index (χ0n) is 43.9. The van der Waals surface area contributed by atoms with Crippen LogP contribution in [0.25, 0.3) is 11.3 Å². The highest BCUT2D eigenvalue weighted by molar-refractivity contribution is 5.87. The van der Waals surface area contributed by atoms with Crippen molar-refractivity contribution in [2.75, 3.05) is 52.0 Å². The molecule has 6 atom stereocenters. The number of alkyl carbamates (subject to hydrolysis) is 2. The van der Waals surface area contributed by atoms with Crippen LogP contribution in [0, 0.1) is 34.3 Å². The maximum atomic E-state index is 16.2. The Hall–Kier alpha value is -6.87. The fourth-order valence-corrected chi connectivity index (χ4v) is 9.76. The molecule has 0 unspecified atom stereocenters. The summed E-state index contributed by atoms with van der Waals surface area (Å²) in [6.45, 7) is 8.27. The highest BCUT2D eigenvalue weighted by Crippen LogP contribution is 2.41. The number of amides is 4. The van der Waals surface area contributed by atoms with Crippen LogP contribution >= 0.6 is 0 Å². The Morgan fingerprint density at radius 1 is 0.818 bits per heavy atom. The van der Waals surface area contributed by atoms with Gasteiger partial charge in [-0.05, 0) is 93.0 Å². The summed E-state index contributed by atoms with van der Waals surface area (Å²) in [4.78, 5) is 62.7. The number of halogens is 5. The smallest absolute Gasteiger partial charge is 0.407 e. The number of aliphatic hydroxyl groups excluding tert-OH is 1. The molecule has 5 N–H and O–H groups in total. The number of nitrogens with zero attached hydrogens (tertiary/aromatic N) is 6. The molecule has 4 fully saturated rings. The van der Waals surface area contributed by atoms with Crippen LogP contribution in [-0.4, -0.2) is 149 Å². The van der Waals surface area contributed by atoms with E-state index in [1.807, 2.05) is 17.4 Å². The summed E-state index contributed by atoms with van der Waals surface area (Å²) in [5.41, 5.74) is 0.233. The molecule has 0 radical (unpaired) electrons. The van der Waals surface area contributed by atoms with E-state index in [1.165, 1.54) is 0 Å². The van der Waals surface area contributed by atoms with Crippen molar-refractivity contribution in [2.45, 2.75) is 121 Å². The Kier molecular flexibility index (Phi) is 16.8. The second kappa shape index (κ2) is 23.0. The van der Waals surface area contributed by atoms with Gasteiger partial charge in [0, 0.05) is 72.9 Å². The molecule has 3 aliphatic heterocycles. The maximum absolute atomic E-state index is 16.2. The largest absolute Gasteiger partial charge is 0.453 e. The zero-order chi connectivity index (χ0) is 55.6. The van der Waals surface area contributed by atoms with Gasteiger partial charge in [0.15, 0.2) is 0 Å². The first-order chi connectivity index (χ1) is 36.4.